The molecule has 2 amide bonds. The van der Waals surface area contributed by atoms with Crippen LogP contribution in [0.3, 0.4) is 0 Å². The first kappa shape index (κ1) is 16.5. The van der Waals surface area contributed by atoms with E-state index in [0.717, 1.165) is 23.8 Å². The van der Waals surface area contributed by atoms with Crippen LogP contribution < -0.4 is 11.1 Å². The number of primary amides is 1. The van der Waals surface area contributed by atoms with Crippen LogP contribution >= 0.6 is 11.8 Å². The third-order valence-electron chi connectivity index (χ3n) is 3.84. The average molecular weight is 345 g/mol. The molecule has 0 radical (unpaired) electrons. The smallest absolute Gasteiger partial charge is 0.248 e. The molecular formula is C16H19N5O2S. The number of nitrogens with one attached hydrogen (secondary N) is 1. The Hall–Kier alpha value is -2.35. The summed E-state index contributed by atoms with van der Waals surface area (Å²) in [5.41, 5.74) is 6.23. The van der Waals surface area contributed by atoms with Gasteiger partial charge in [-0.3, -0.25) is 9.59 Å². The van der Waals surface area contributed by atoms with Crippen molar-refractivity contribution >= 4 is 29.3 Å². The molecule has 1 aliphatic rings. The fourth-order valence-corrected chi connectivity index (χ4v) is 3.32. The number of hydrogen-bond donors (Lipinski definition) is 2. The van der Waals surface area contributed by atoms with Crippen molar-refractivity contribution < 1.29 is 9.59 Å². The molecule has 0 saturated heterocycles. The monoisotopic (exact) mass is 345 g/mol. The van der Waals surface area contributed by atoms with Crippen molar-refractivity contribution in [3.8, 4) is 0 Å². The predicted octanol–water partition coefficient (Wildman–Crippen LogP) is 2.14. The first-order valence-electron chi connectivity index (χ1n) is 7.74. The molecule has 8 heteroatoms. The highest BCUT2D eigenvalue weighted by atomic mass is 32.2. The summed E-state index contributed by atoms with van der Waals surface area (Å²) in [7, 11) is 0. The van der Waals surface area contributed by atoms with Crippen molar-refractivity contribution in [1.82, 2.24) is 14.8 Å². The van der Waals surface area contributed by atoms with Gasteiger partial charge in [0.15, 0.2) is 5.16 Å². The van der Waals surface area contributed by atoms with Crippen LogP contribution in [0, 0.1) is 6.92 Å². The maximum Gasteiger partial charge on any atom is 0.248 e. The Morgan fingerprint density at radius 2 is 1.96 bits per heavy atom. The lowest BCUT2D eigenvalue weighted by Gasteiger charge is -2.13. The van der Waals surface area contributed by atoms with Crippen LogP contribution in [0.15, 0.2) is 29.4 Å². The van der Waals surface area contributed by atoms with E-state index in [0.29, 0.717) is 17.3 Å². The van der Waals surface area contributed by atoms with Crippen molar-refractivity contribution in [2.24, 2.45) is 5.73 Å². The molecular weight excluding hydrogens is 326 g/mol. The summed E-state index contributed by atoms with van der Waals surface area (Å²) in [5.74, 6) is 0.260. The molecule has 1 heterocycles. The average Bonchev–Trinajstić information content (AvgIpc) is 3.32. The number of thioether (sulfide) groups is 1. The molecule has 0 bridgehead atoms. The van der Waals surface area contributed by atoms with Crippen molar-refractivity contribution in [2.45, 2.75) is 43.1 Å². The van der Waals surface area contributed by atoms with Crippen LogP contribution in [-0.4, -0.2) is 31.8 Å². The summed E-state index contributed by atoms with van der Waals surface area (Å²) >= 11 is 1.40. The van der Waals surface area contributed by atoms with E-state index in [1.807, 2.05) is 13.8 Å². The van der Waals surface area contributed by atoms with Crippen LogP contribution in [0.4, 0.5) is 5.69 Å². The van der Waals surface area contributed by atoms with E-state index < -0.39 is 5.91 Å². The van der Waals surface area contributed by atoms with E-state index in [4.69, 9.17) is 5.73 Å². The van der Waals surface area contributed by atoms with Crippen LogP contribution in [0.2, 0.25) is 0 Å². The second-order valence-corrected chi connectivity index (χ2v) is 7.13. The Labute approximate surface area is 144 Å². The first-order valence-corrected chi connectivity index (χ1v) is 8.62. The number of aromatic nitrogens is 3. The lowest BCUT2D eigenvalue weighted by molar-refractivity contribution is -0.115. The number of aryl methyl sites for hydroxylation is 1. The molecule has 1 aromatic heterocycles. The molecule has 0 spiro atoms. The number of benzene rings is 1. The normalized spacial score (nSPS) is 15.1. The van der Waals surface area contributed by atoms with Crippen molar-refractivity contribution in [2.75, 3.05) is 5.32 Å². The largest absolute Gasteiger partial charge is 0.366 e. The fraction of sp³-hybridized carbons (Fsp3) is 0.375. The van der Waals surface area contributed by atoms with E-state index in [2.05, 4.69) is 20.1 Å². The van der Waals surface area contributed by atoms with Crippen molar-refractivity contribution in [3.05, 3.63) is 35.7 Å². The highest BCUT2D eigenvalue weighted by Crippen LogP contribution is 2.39. The molecule has 0 unspecified atom stereocenters. The number of amides is 2. The number of carbonyl (C=O) groups is 2. The van der Waals surface area contributed by atoms with Gasteiger partial charge in [-0.25, -0.2) is 0 Å². The fourth-order valence-electron chi connectivity index (χ4n) is 2.36. The number of anilines is 1. The summed E-state index contributed by atoms with van der Waals surface area (Å²) in [6.45, 7) is 3.76. The Bertz CT molecular complexity index is 767. The molecule has 24 heavy (non-hydrogen) atoms. The van der Waals surface area contributed by atoms with Gasteiger partial charge in [0, 0.05) is 17.3 Å². The molecule has 3 N–H and O–H groups in total. The van der Waals surface area contributed by atoms with Gasteiger partial charge in [-0.15, -0.1) is 10.2 Å². The minimum atomic E-state index is -0.494. The van der Waals surface area contributed by atoms with E-state index in [-0.39, 0.29) is 11.2 Å². The highest BCUT2D eigenvalue weighted by Gasteiger charge is 2.29. The quantitative estimate of drug-likeness (QED) is 0.781. The highest BCUT2D eigenvalue weighted by molar-refractivity contribution is 8.00. The number of carbonyl (C=O) groups excluding carboxylic acids is 2. The Morgan fingerprint density at radius 3 is 2.54 bits per heavy atom. The molecule has 126 valence electrons. The zero-order chi connectivity index (χ0) is 17.3. The maximum absolute atomic E-state index is 12.4. The van der Waals surface area contributed by atoms with E-state index in [1.165, 1.54) is 11.8 Å². The Kier molecular flexibility index (Phi) is 4.57. The summed E-state index contributed by atoms with van der Waals surface area (Å²) < 4.78 is 2.11. The van der Waals surface area contributed by atoms with E-state index in [9.17, 15) is 9.59 Å². The van der Waals surface area contributed by atoms with Gasteiger partial charge >= 0.3 is 0 Å². The minimum Gasteiger partial charge on any atom is -0.366 e. The van der Waals surface area contributed by atoms with Crippen LogP contribution in [0.1, 0.15) is 42.0 Å². The SMILES string of the molecule is Cc1nnc(S[C@H](C)C(=O)Nc2ccc(C(N)=O)cc2)n1C1CC1. The summed E-state index contributed by atoms with van der Waals surface area (Å²) in [4.78, 5) is 23.4. The standard InChI is InChI=1S/C16H19N5O2S/c1-9(24-16-20-19-10(2)21(16)13-7-8-13)15(23)18-12-5-3-11(4-6-12)14(17)22/h3-6,9,13H,7-8H2,1-2H3,(H2,17,22)(H,18,23)/t9-/m1/s1. The lowest BCUT2D eigenvalue weighted by Crippen LogP contribution is -2.23. The maximum atomic E-state index is 12.4. The van der Waals surface area contributed by atoms with Crippen molar-refractivity contribution in [1.29, 1.82) is 0 Å². The number of rotatable bonds is 6. The van der Waals surface area contributed by atoms with Gasteiger partial charge in [-0.1, -0.05) is 11.8 Å². The molecule has 1 fully saturated rings. The van der Waals surface area contributed by atoms with Gasteiger partial charge in [-0.05, 0) is 51.0 Å². The second kappa shape index (κ2) is 6.64. The number of nitrogens with zero attached hydrogens (tertiary/aromatic N) is 3. The third kappa shape index (κ3) is 3.59. The molecule has 0 aliphatic heterocycles. The van der Waals surface area contributed by atoms with E-state index >= 15 is 0 Å². The molecule has 7 nitrogen and oxygen atoms in total. The second-order valence-electron chi connectivity index (χ2n) is 5.82. The number of hydrogen-bond acceptors (Lipinski definition) is 5. The zero-order valence-corrected chi connectivity index (χ0v) is 14.3. The first-order chi connectivity index (χ1) is 11.5. The lowest BCUT2D eigenvalue weighted by atomic mass is 10.2. The van der Waals surface area contributed by atoms with Crippen LogP contribution in [0.5, 0.6) is 0 Å². The summed E-state index contributed by atoms with van der Waals surface area (Å²) in [6.07, 6.45) is 2.28. The van der Waals surface area contributed by atoms with Gasteiger partial charge in [0.05, 0.1) is 5.25 Å². The summed E-state index contributed by atoms with van der Waals surface area (Å²) in [5, 5.41) is 11.6. The molecule has 1 saturated carbocycles. The van der Waals surface area contributed by atoms with Crippen molar-refractivity contribution in [3.63, 3.8) is 0 Å². The molecule has 1 atom stereocenters. The molecule has 3 rings (SSSR count). The molecule has 1 aliphatic carbocycles. The Morgan fingerprint density at radius 1 is 1.29 bits per heavy atom. The van der Waals surface area contributed by atoms with Gasteiger partial charge in [0.25, 0.3) is 0 Å². The third-order valence-corrected chi connectivity index (χ3v) is 4.89. The Balaban J connectivity index is 1.63. The van der Waals surface area contributed by atoms with Crippen LogP contribution in [0.25, 0.3) is 0 Å². The predicted molar refractivity (Wildman–Crippen MR) is 91.9 cm³/mol. The van der Waals surface area contributed by atoms with E-state index in [1.54, 1.807) is 24.3 Å². The molecule has 1 aromatic carbocycles. The number of nitrogens with two attached hydrogens (primary N) is 1. The molecule has 2 aromatic rings. The van der Waals surface area contributed by atoms with Crippen LogP contribution in [-0.2, 0) is 4.79 Å². The summed E-state index contributed by atoms with van der Waals surface area (Å²) in [6, 6.07) is 6.96. The van der Waals surface area contributed by atoms with Gasteiger partial charge in [-0.2, -0.15) is 0 Å². The van der Waals surface area contributed by atoms with Gasteiger partial charge in [0.1, 0.15) is 5.82 Å². The van der Waals surface area contributed by atoms with Gasteiger partial charge in [0.2, 0.25) is 11.8 Å². The minimum absolute atomic E-state index is 0.130. The topological polar surface area (TPSA) is 103 Å². The zero-order valence-electron chi connectivity index (χ0n) is 13.5. The van der Waals surface area contributed by atoms with Gasteiger partial charge < -0.3 is 15.6 Å².